The van der Waals surface area contributed by atoms with E-state index in [4.69, 9.17) is 55.9 Å². The number of rotatable bonds is 7. The molecule has 0 atom stereocenters. The van der Waals surface area contributed by atoms with Gasteiger partial charge in [0, 0.05) is 5.56 Å². The summed E-state index contributed by atoms with van der Waals surface area (Å²) in [6.45, 7) is 0.503. The summed E-state index contributed by atoms with van der Waals surface area (Å²) >= 11 is 23.9. The van der Waals surface area contributed by atoms with E-state index in [9.17, 15) is 4.79 Å². The Morgan fingerprint density at radius 1 is 0.643 bits per heavy atom. The van der Waals surface area contributed by atoms with Crippen LogP contribution in [0, 0.1) is 0 Å². The van der Waals surface area contributed by atoms with Crippen LogP contribution in [0.15, 0.2) is 54.6 Å². The maximum absolute atomic E-state index is 11.1. The van der Waals surface area contributed by atoms with Crippen LogP contribution in [-0.4, -0.2) is 6.29 Å². The predicted molar refractivity (Wildman–Crippen MR) is 113 cm³/mol. The third kappa shape index (κ3) is 5.33. The SMILES string of the molecule is O=Cc1ccc(OCc2ccc(Cl)c(Cl)c2)c(OCc2ccc(Cl)c(Cl)c2)c1. The average molecular weight is 456 g/mol. The topological polar surface area (TPSA) is 35.5 Å². The molecule has 0 bridgehead atoms. The Bertz CT molecular complexity index is 1000. The van der Waals surface area contributed by atoms with Gasteiger partial charge >= 0.3 is 0 Å². The van der Waals surface area contributed by atoms with E-state index < -0.39 is 0 Å². The van der Waals surface area contributed by atoms with Crippen molar-refractivity contribution in [3.05, 3.63) is 91.4 Å². The van der Waals surface area contributed by atoms with Crippen LogP contribution < -0.4 is 9.47 Å². The number of aldehydes is 1. The summed E-state index contributed by atoms with van der Waals surface area (Å²) in [6, 6.07) is 15.5. The van der Waals surface area contributed by atoms with Gasteiger partial charge in [-0.25, -0.2) is 0 Å². The van der Waals surface area contributed by atoms with Gasteiger partial charge < -0.3 is 9.47 Å². The normalized spacial score (nSPS) is 10.6. The quantitative estimate of drug-likeness (QED) is 0.351. The maximum atomic E-state index is 11.1. The Hall–Kier alpha value is -1.91. The van der Waals surface area contributed by atoms with Crippen molar-refractivity contribution < 1.29 is 14.3 Å². The summed E-state index contributed by atoms with van der Waals surface area (Å²) in [5.41, 5.74) is 2.16. The largest absolute Gasteiger partial charge is 0.485 e. The maximum Gasteiger partial charge on any atom is 0.162 e. The monoisotopic (exact) mass is 454 g/mol. The Labute approximate surface area is 182 Å². The van der Waals surface area contributed by atoms with Crippen molar-refractivity contribution in [2.75, 3.05) is 0 Å². The fourth-order valence-corrected chi connectivity index (χ4v) is 3.05. The molecule has 3 rings (SSSR count). The zero-order valence-electron chi connectivity index (χ0n) is 14.4. The second kappa shape index (κ2) is 9.53. The lowest BCUT2D eigenvalue weighted by molar-refractivity contribution is 0.112. The Morgan fingerprint density at radius 2 is 1.18 bits per heavy atom. The van der Waals surface area contributed by atoms with Gasteiger partial charge in [0.2, 0.25) is 0 Å². The first kappa shape index (κ1) is 20.8. The van der Waals surface area contributed by atoms with Crippen molar-refractivity contribution in [3.63, 3.8) is 0 Å². The fraction of sp³-hybridized carbons (Fsp3) is 0.0952. The molecule has 0 aliphatic rings. The fourth-order valence-electron chi connectivity index (χ4n) is 2.41. The molecule has 28 heavy (non-hydrogen) atoms. The van der Waals surface area contributed by atoms with E-state index >= 15 is 0 Å². The molecule has 3 aromatic carbocycles. The zero-order valence-corrected chi connectivity index (χ0v) is 17.4. The highest BCUT2D eigenvalue weighted by Crippen LogP contribution is 2.31. The van der Waals surface area contributed by atoms with Gasteiger partial charge in [0.1, 0.15) is 19.5 Å². The van der Waals surface area contributed by atoms with Gasteiger partial charge in [0.05, 0.1) is 20.1 Å². The van der Waals surface area contributed by atoms with Gasteiger partial charge in [0.15, 0.2) is 11.5 Å². The van der Waals surface area contributed by atoms with Crippen LogP contribution in [-0.2, 0) is 13.2 Å². The zero-order chi connectivity index (χ0) is 20.1. The van der Waals surface area contributed by atoms with Crippen LogP contribution in [0.4, 0.5) is 0 Å². The lowest BCUT2D eigenvalue weighted by atomic mass is 10.2. The molecule has 0 N–H and O–H groups in total. The van der Waals surface area contributed by atoms with Gasteiger partial charge in [-0.15, -0.1) is 0 Å². The summed E-state index contributed by atoms with van der Waals surface area (Å²) in [4.78, 5) is 11.1. The van der Waals surface area contributed by atoms with Crippen LogP contribution >= 0.6 is 46.4 Å². The van der Waals surface area contributed by atoms with E-state index in [0.717, 1.165) is 17.4 Å². The molecule has 144 valence electrons. The van der Waals surface area contributed by atoms with Gasteiger partial charge in [-0.3, -0.25) is 4.79 Å². The summed E-state index contributed by atoms with van der Waals surface area (Å²) in [5.74, 6) is 0.937. The Morgan fingerprint density at radius 3 is 1.68 bits per heavy atom. The highest BCUT2D eigenvalue weighted by atomic mass is 35.5. The van der Waals surface area contributed by atoms with Crippen LogP contribution in [0.1, 0.15) is 21.5 Å². The van der Waals surface area contributed by atoms with Crippen molar-refractivity contribution in [2.24, 2.45) is 0 Å². The number of carbonyl (C=O) groups is 1. The molecule has 0 saturated heterocycles. The summed E-state index contributed by atoms with van der Waals surface area (Å²) < 4.78 is 11.7. The summed E-state index contributed by atoms with van der Waals surface area (Å²) in [7, 11) is 0. The van der Waals surface area contributed by atoms with Crippen molar-refractivity contribution in [1.29, 1.82) is 0 Å². The van der Waals surface area contributed by atoms with Gasteiger partial charge in [-0.05, 0) is 53.6 Å². The van der Waals surface area contributed by atoms with Gasteiger partial charge in [-0.1, -0.05) is 58.5 Å². The second-order valence-electron chi connectivity index (χ2n) is 5.90. The molecule has 0 unspecified atom stereocenters. The Balaban J connectivity index is 1.76. The third-order valence-corrected chi connectivity index (χ3v) is 5.34. The molecule has 3 aromatic rings. The predicted octanol–water partition coefficient (Wildman–Crippen LogP) is 7.27. The minimum absolute atomic E-state index is 0.238. The lowest BCUT2D eigenvalue weighted by Crippen LogP contribution is -2.01. The molecule has 0 spiro atoms. The van der Waals surface area contributed by atoms with E-state index in [1.165, 1.54) is 0 Å². The third-order valence-electron chi connectivity index (χ3n) is 3.86. The standard InChI is InChI=1S/C21H14Cl4O3/c22-16-4-1-14(7-18(16)24)11-27-20-6-3-13(10-26)9-21(20)28-12-15-2-5-17(23)19(25)8-15/h1-10H,11-12H2. The molecule has 0 radical (unpaired) electrons. The molecular weight excluding hydrogens is 442 g/mol. The number of carbonyl (C=O) groups excluding carboxylic acids is 1. The first-order valence-corrected chi connectivity index (χ1v) is 9.70. The van der Waals surface area contributed by atoms with Gasteiger partial charge in [0.25, 0.3) is 0 Å². The van der Waals surface area contributed by atoms with E-state index in [1.54, 1.807) is 42.5 Å². The van der Waals surface area contributed by atoms with Crippen molar-refractivity contribution in [2.45, 2.75) is 13.2 Å². The van der Waals surface area contributed by atoms with Crippen molar-refractivity contribution in [1.82, 2.24) is 0 Å². The van der Waals surface area contributed by atoms with Crippen LogP contribution in [0.3, 0.4) is 0 Å². The number of hydrogen-bond donors (Lipinski definition) is 0. The first-order chi connectivity index (χ1) is 13.5. The van der Waals surface area contributed by atoms with Crippen molar-refractivity contribution in [3.8, 4) is 11.5 Å². The number of hydrogen-bond acceptors (Lipinski definition) is 3. The second-order valence-corrected chi connectivity index (χ2v) is 7.53. The van der Waals surface area contributed by atoms with E-state index in [0.29, 0.717) is 37.2 Å². The first-order valence-electron chi connectivity index (χ1n) is 8.19. The minimum atomic E-state index is 0.238. The number of ether oxygens (including phenoxy) is 2. The molecule has 0 aliphatic carbocycles. The summed E-state index contributed by atoms with van der Waals surface area (Å²) in [5, 5.41) is 1.85. The molecular formula is C21H14Cl4O3. The van der Waals surface area contributed by atoms with E-state index in [1.807, 2.05) is 12.1 Å². The lowest BCUT2D eigenvalue weighted by Gasteiger charge is -2.14. The van der Waals surface area contributed by atoms with Gasteiger partial charge in [-0.2, -0.15) is 0 Å². The Kier molecular flexibility index (Phi) is 7.08. The van der Waals surface area contributed by atoms with Crippen LogP contribution in [0.2, 0.25) is 20.1 Å². The average Bonchev–Trinajstić information content (AvgIpc) is 2.70. The highest BCUT2D eigenvalue weighted by Gasteiger charge is 2.09. The molecule has 0 amide bonds. The molecule has 0 heterocycles. The van der Waals surface area contributed by atoms with Crippen molar-refractivity contribution >= 4 is 52.7 Å². The number of benzene rings is 3. The highest BCUT2D eigenvalue weighted by molar-refractivity contribution is 6.42. The molecule has 7 heteroatoms. The van der Waals surface area contributed by atoms with E-state index in [-0.39, 0.29) is 13.2 Å². The van der Waals surface area contributed by atoms with Crippen LogP contribution in [0.5, 0.6) is 11.5 Å². The summed E-state index contributed by atoms with van der Waals surface area (Å²) in [6.07, 6.45) is 0.745. The minimum Gasteiger partial charge on any atom is -0.485 e. The molecule has 0 fully saturated rings. The molecule has 3 nitrogen and oxygen atoms in total. The van der Waals surface area contributed by atoms with Crippen LogP contribution in [0.25, 0.3) is 0 Å². The molecule has 0 saturated carbocycles. The van der Waals surface area contributed by atoms with E-state index in [2.05, 4.69) is 0 Å². The molecule has 0 aliphatic heterocycles. The number of halogens is 4. The molecule has 0 aromatic heterocycles. The smallest absolute Gasteiger partial charge is 0.162 e.